The summed E-state index contributed by atoms with van der Waals surface area (Å²) in [5.41, 5.74) is -0.360. The van der Waals surface area contributed by atoms with E-state index >= 15 is 0 Å². The van der Waals surface area contributed by atoms with Crippen LogP contribution in [0.3, 0.4) is 0 Å². The number of nitrogens with zero attached hydrogens (tertiary/aromatic N) is 2. The van der Waals surface area contributed by atoms with Crippen LogP contribution in [0.2, 0.25) is 0 Å². The zero-order chi connectivity index (χ0) is 17.9. The normalized spacial score (nSPS) is 15.5. The predicted octanol–water partition coefficient (Wildman–Crippen LogP) is 3.11. The van der Waals surface area contributed by atoms with Gasteiger partial charge in [-0.05, 0) is 30.9 Å². The van der Waals surface area contributed by atoms with E-state index in [9.17, 15) is 22.8 Å². The van der Waals surface area contributed by atoms with E-state index in [1.54, 1.807) is 4.90 Å². The SMILES string of the molecule is CC(=O)N(CCC(=O)N1CCC(C)CC1)c1ccc(F)c(F)c1F. The molecule has 1 heterocycles. The molecule has 2 amide bonds. The molecule has 1 aromatic rings. The molecule has 0 radical (unpaired) electrons. The van der Waals surface area contributed by atoms with Crippen molar-refractivity contribution in [1.29, 1.82) is 0 Å². The van der Waals surface area contributed by atoms with Crippen LogP contribution in [0.4, 0.5) is 18.9 Å². The van der Waals surface area contributed by atoms with E-state index in [0.717, 1.165) is 29.9 Å². The highest BCUT2D eigenvalue weighted by atomic mass is 19.2. The van der Waals surface area contributed by atoms with Gasteiger partial charge in [-0.3, -0.25) is 9.59 Å². The number of hydrogen-bond donors (Lipinski definition) is 0. The quantitative estimate of drug-likeness (QED) is 0.789. The minimum Gasteiger partial charge on any atom is -0.343 e. The molecule has 1 aliphatic rings. The zero-order valence-electron chi connectivity index (χ0n) is 13.8. The first-order valence-electron chi connectivity index (χ1n) is 8.00. The number of anilines is 1. The first kappa shape index (κ1) is 18.3. The van der Waals surface area contributed by atoms with E-state index in [1.807, 2.05) is 0 Å². The molecule has 7 heteroatoms. The average Bonchev–Trinajstić information content (AvgIpc) is 2.55. The molecule has 0 unspecified atom stereocenters. The van der Waals surface area contributed by atoms with Gasteiger partial charge in [-0.15, -0.1) is 0 Å². The van der Waals surface area contributed by atoms with E-state index in [-0.39, 0.29) is 24.6 Å². The van der Waals surface area contributed by atoms with Crippen LogP contribution in [-0.2, 0) is 9.59 Å². The number of halogens is 3. The second-order valence-electron chi connectivity index (χ2n) is 6.18. The van der Waals surface area contributed by atoms with Crippen molar-refractivity contribution in [3.05, 3.63) is 29.6 Å². The van der Waals surface area contributed by atoms with Gasteiger partial charge in [-0.25, -0.2) is 13.2 Å². The Morgan fingerprint density at radius 3 is 2.38 bits per heavy atom. The minimum absolute atomic E-state index is 0.00635. The maximum Gasteiger partial charge on any atom is 0.224 e. The Bertz CT molecular complexity index is 629. The molecule has 0 atom stereocenters. The number of amides is 2. The van der Waals surface area contributed by atoms with E-state index in [4.69, 9.17) is 0 Å². The summed E-state index contributed by atoms with van der Waals surface area (Å²) in [5, 5.41) is 0. The molecule has 0 aliphatic carbocycles. The van der Waals surface area contributed by atoms with Gasteiger partial charge in [0.05, 0.1) is 5.69 Å². The van der Waals surface area contributed by atoms with Gasteiger partial charge in [0, 0.05) is 33.0 Å². The Hall–Kier alpha value is -2.05. The van der Waals surface area contributed by atoms with Crippen LogP contribution in [-0.4, -0.2) is 36.3 Å². The summed E-state index contributed by atoms with van der Waals surface area (Å²) in [6.07, 6.45) is 1.87. The summed E-state index contributed by atoms with van der Waals surface area (Å²) in [7, 11) is 0. The first-order chi connectivity index (χ1) is 11.3. The lowest BCUT2D eigenvalue weighted by molar-refractivity contribution is -0.132. The van der Waals surface area contributed by atoms with E-state index in [0.29, 0.717) is 19.0 Å². The highest BCUT2D eigenvalue weighted by molar-refractivity contribution is 5.92. The Kier molecular flexibility index (Phi) is 5.85. The van der Waals surface area contributed by atoms with Crippen molar-refractivity contribution in [2.45, 2.75) is 33.1 Å². The largest absolute Gasteiger partial charge is 0.343 e. The van der Waals surface area contributed by atoms with Gasteiger partial charge >= 0.3 is 0 Å². The Balaban J connectivity index is 2.06. The maximum absolute atomic E-state index is 13.9. The molecule has 2 rings (SSSR count). The van der Waals surface area contributed by atoms with Gasteiger partial charge < -0.3 is 9.80 Å². The molecule has 0 N–H and O–H groups in total. The number of rotatable bonds is 4. The van der Waals surface area contributed by atoms with Crippen molar-refractivity contribution >= 4 is 17.5 Å². The fraction of sp³-hybridized carbons (Fsp3) is 0.529. The topological polar surface area (TPSA) is 40.6 Å². The highest BCUT2D eigenvalue weighted by Gasteiger charge is 2.24. The molecule has 0 bridgehead atoms. The second-order valence-corrected chi connectivity index (χ2v) is 6.18. The number of hydrogen-bond acceptors (Lipinski definition) is 2. The van der Waals surface area contributed by atoms with Gasteiger partial charge in [0.1, 0.15) is 0 Å². The average molecular weight is 342 g/mol. The van der Waals surface area contributed by atoms with E-state index < -0.39 is 23.4 Å². The van der Waals surface area contributed by atoms with Gasteiger partial charge in [-0.1, -0.05) is 6.92 Å². The number of carbonyl (C=O) groups excluding carboxylic acids is 2. The smallest absolute Gasteiger partial charge is 0.224 e. The predicted molar refractivity (Wildman–Crippen MR) is 83.9 cm³/mol. The van der Waals surface area contributed by atoms with Crippen molar-refractivity contribution < 1.29 is 22.8 Å². The lowest BCUT2D eigenvalue weighted by Gasteiger charge is -2.31. The first-order valence-corrected chi connectivity index (χ1v) is 8.00. The van der Waals surface area contributed by atoms with Crippen molar-refractivity contribution in [3.8, 4) is 0 Å². The maximum atomic E-state index is 13.9. The third kappa shape index (κ3) is 4.07. The summed E-state index contributed by atoms with van der Waals surface area (Å²) >= 11 is 0. The third-order valence-electron chi connectivity index (χ3n) is 4.37. The van der Waals surface area contributed by atoms with Gasteiger partial charge in [-0.2, -0.15) is 0 Å². The summed E-state index contributed by atoms with van der Waals surface area (Å²) in [4.78, 5) is 26.7. The van der Waals surface area contributed by atoms with Crippen molar-refractivity contribution in [2.24, 2.45) is 5.92 Å². The third-order valence-corrected chi connectivity index (χ3v) is 4.37. The van der Waals surface area contributed by atoms with Crippen LogP contribution >= 0.6 is 0 Å². The Morgan fingerprint density at radius 2 is 1.79 bits per heavy atom. The zero-order valence-corrected chi connectivity index (χ0v) is 13.8. The van der Waals surface area contributed by atoms with Crippen molar-refractivity contribution in [1.82, 2.24) is 4.90 Å². The summed E-state index contributed by atoms with van der Waals surface area (Å²) < 4.78 is 40.3. The molecule has 1 aliphatic heterocycles. The standard InChI is InChI=1S/C17H21F3N2O2/c1-11-5-8-21(9-6-11)15(24)7-10-22(12(2)23)14-4-3-13(18)16(19)17(14)20/h3-4,11H,5-10H2,1-2H3. The summed E-state index contributed by atoms with van der Waals surface area (Å²) in [6.45, 7) is 4.57. The number of likely N-dealkylation sites (tertiary alicyclic amines) is 1. The van der Waals surface area contributed by atoms with E-state index in [1.165, 1.54) is 6.92 Å². The fourth-order valence-electron chi connectivity index (χ4n) is 2.80. The van der Waals surface area contributed by atoms with Crippen LogP contribution in [0, 0.1) is 23.4 Å². The molecular formula is C17H21F3N2O2. The fourth-order valence-corrected chi connectivity index (χ4v) is 2.80. The lowest BCUT2D eigenvalue weighted by Crippen LogP contribution is -2.40. The second kappa shape index (κ2) is 7.68. The Labute approximate surface area is 139 Å². The van der Waals surface area contributed by atoms with Gasteiger partial charge in [0.15, 0.2) is 17.5 Å². The highest BCUT2D eigenvalue weighted by Crippen LogP contribution is 2.24. The molecular weight excluding hydrogens is 321 g/mol. The molecule has 24 heavy (non-hydrogen) atoms. The molecule has 132 valence electrons. The van der Waals surface area contributed by atoms with Crippen molar-refractivity contribution in [2.75, 3.05) is 24.5 Å². The minimum atomic E-state index is -1.63. The molecule has 0 spiro atoms. The van der Waals surface area contributed by atoms with Crippen LogP contribution in [0.15, 0.2) is 12.1 Å². The Morgan fingerprint density at radius 1 is 1.17 bits per heavy atom. The summed E-state index contributed by atoms with van der Waals surface area (Å²) in [5.74, 6) is -4.46. The molecule has 0 aromatic heterocycles. The monoisotopic (exact) mass is 342 g/mol. The summed E-state index contributed by atoms with van der Waals surface area (Å²) in [6, 6.07) is 1.76. The van der Waals surface area contributed by atoms with Crippen molar-refractivity contribution in [3.63, 3.8) is 0 Å². The van der Waals surface area contributed by atoms with Crippen LogP contribution in [0.5, 0.6) is 0 Å². The number of carbonyl (C=O) groups is 2. The van der Waals surface area contributed by atoms with Crippen LogP contribution < -0.4 is 4.90 Å². The lowest BCUT2D eigenvalue weighted by atomic mass is 9.99. The molecule has 1 saturated heterocycles. The molecule has 0 saturated carbocycles. The van der Waals surface area contributed by atoms with Gasteiger partial charge in [0.25, 0.3) is 0 Å². The van der Waals surface area contributed by atoms with Gasteiger partial charge in [0.2, 0.25) is 11.8 Å². The van der Waals surface area contributed by atoms with Crippen LogP contribution in [0.25, 0.3) is 0 Å². The number of benzene rings is 1. The van der Waals surface area contributed by atoms with Crippen LogP contribution in [0.1, 0.15) is 33.1 Å². The number of piperidine rings is 1. The van der Waals surface area contributed by atoms with E-state index in [2.05, 4.69) is 6.92 Å². The molecule has 4 nitrogen and oxygen atoms in total. The molecule has 1 fully saturated rings. The molecule has 1 aromatic carbocycles.